The number of halogens is 2. The molecule has 0 aliphatic heterocycles. The van der Waals surface area contributed by atoms with Gasteiger partial charge in [0.1, 0.15) is 17.3 Å². The topological polar surface area (TPSA) is 43.6 Å². The second-order valence-electron chi connectivity index (χ2n) is 5.39. The van der Waals surface area contributed by atoms with E-state index in [2.05, 4.69) is 15.5 Å². The maximum Gasteiger partial charge on any atom is 0.187 e. The van der Waals surface area contributed by atoms with Crippen LogP contribution >= 0.6 is 0 Å². The number of hydrogen-bond donors (Lipinski definition) is 0. The van der Waals surface area contributed by atoms with E-state index in [1.54, 1.807) is 54.6 Å². The van der Waals surface area contributed by atoms with Gasteiger partial charge in [-0.3, -0.25) is 0 Å². The van der Waals surface area contributed by atoms with E-state index in [-0.39, 0.29) is 11.5 Å². The van der Waals surface area contributed by atoms with Crippen LogP contribution in [0.25, 0.3) is 28.2 Å². The van der Waals surface area contributed by atoms with Gasteiger partial charge in [0.15, 0.2) is 5.82 Å². The maximum atomic E-state index is 14.3. The molecule has 0 amide bonds. The van der Waals surface area contributed by atoms with Crippen LogP contribution in [0.5, 0.6) is 0 Å². The van der Waals surface area contributed by atoms with Crippen molar-refractivity contribution in [1.29, 1.82) is 0 Å². The highest BCUT2D eigenvalue weighted by Gasteiger charge is 2.18. The van der Waals surface area contributed by atoms with E-state index in [0.717, 1.165) is 0 Å². The van der Waals surface area contributed by atoms with Crippen LogP contribution in [-0.4, -0.2) is 20.2 Å². The molecule has 0 aliphatic rings. The third-order valence-corrected chi connectivity index (χ3v) is 3.88. The molecule has 0 aliphatic carbocycles. The lowest BCUT2D eigenvalue weighted by Gasteiger charge is -2.11. The summed E-state index contributed by atoms with van der Waals surface area (Å²) in [5.41, 5.74) is 1.90. The van der Waals surface area contributed by atoms with E-state index in [0.29, 0.717) is 22.5 Å². The second kappa shape index (κ2) is 6.24. The van der Waals surface area contributed by atoms with E-state index in [9.17, 15) is 8.78 Å². The number of tetrazole rings is 1. The lowest BCUT2D eigenvalue weighted by Crippen LogP contribution is -2.03. The van der Waals surface area contributed by atoms with E-state index in [4.69, 9.17) is 0 Å². The highest BCUT2D eigenvalue weighted by molar-refractivity contribution is 5.81. The predicted molar refractivity (Wildman–Crippen MR) is 89.9 cm³/mol. The van der Waals surface area contributed by atoms with Crippen LogP contribution in [0.4, 0.5) is 8.78 Å². The fourth-order valence-corrected chi connectivity index (χ4v) is 2.73. The molecule has 6 heteroatoms. The normalized spacial score (nSPS) is 10.8. The molecule has 0 fully saturated rings. The van der Waals surface area contributed by atoms with Gasteiger partial charge in [-0.25, -0.2) is 8.78 Å². The van der Waals surface area contributed by atoms with Crippen molar-refractivity contribution in [2.75, 3.05) is 0 Å². The van der Waals surface area contributed by atoms with Gasteiger partial charge in [-0.05, 0) is 34.2 Å². The Morgan fingerprint density at radius 2 is 1.24 bits per heavy atom. The molecular weight excluding hydrogens is 322 g/mol. The van der Waals surface area contributed by atoms with Gasteiger partial charge in [-0.1, -0.05) is 54.6 Å². The zero-order valence-electron chi connectivity index (χ0n) is 13.0. The minimum Gasteiger partial charge on any atom is -0.206 e. The van der Waals surface area contributed by atoms with Crippen LogP contribution in [0.15, 0.2) is 72.8 Å². The van der Waals surface area contributed by atoms with Gasteiger partial charge in [0.05, 0.1) is 0 Å². The van der Waals surface area contributed by atoms with E-state index >= 15 is 0 Å². The molecular formula is C19H12F2N4. The molecule has 0 N–H and O–H groups in total. The molecule has 3 aromatic carbocycles. The van der Waals surface area contributed by atoms with Gasteiger partial charge in [-0.2, -0.15) is 4.68 Å². The average Bonchev–Trinajstić information content (AvgIpc) is 3.12. The van der Waals surface area contributed by atoms with Crippen LogP contribution in [-0.2, 0) is 0 Å². The molecule has 0 saturated carbocycles. The number of rotatable bonds is 3. The van der Waals surface area contributed by atoms with Crippen LogP contribution in [0.1, 0.15) is 0 Å². The Bertz CT molecular complexity index is 1040. The number of nitrogens with zero attached hydrogens (tertiary/aromatic N) is 4. The van der Waals surface area contributed by atoms with E-state index in [1.807, 2.05) is 6.07 Å². The predicted octanol–water partition coefficient (Wildman–Crippen LogP) is 4.27. The van der Waals surface area contributed by atoms with Gasteiger partial charge < -0.3 is 0 Å². The van der Waals surface area contributed by atoms with Crippen molar-refractivity contribution in [2.24, 2.45) is 0 Å². The summed E-state index contributed by atoms with van der Waals surface area (Å²) >= 11 is 0. The molecule has 4 aromatic rings. The first-order valence-corrected chi connectivity index (χ1v) is 7.63. The largest absolute Gasteiger partial charge is 0.206 e. The van der Waals surface area contributed by atoms with Crippen molar-refractivity contribution in [2.45, 2.75) is 0 Å². The van der Waals surface area contributed by atoms with Gasteiger partial charge in [-0.15, -0.1) is 5.10 Å². The fraction of sp³-hybridized carbons (Fsp3) is 0. The van der Waals surface area contributed by atoms with Gasteiger partial charge in [0, 0.05) is 11.1 Å². The standard InChI is InChI=1S/C19H12F2N4/c20-16-10-4-3-8-14(16)13-7-1-2-9-15(13)19-22-23-24-25(19)18-12-6-5-11-17(18)21/h1-12H. The zero-order valence-corrected chi connectivity index (χ0v) is 13.0. The summed E-state index contributed by atoms with van der Waals surface area (Å²) in [4.78, 5) is 0. The molecule has 1 heterocycles. The summed E-state index contributed by atoms with van der Waals surface area (Å²) < 4.78 is 29.7. The molecule has 0 bridgehead atoms. The van der Waals surface area contributed by atoms with Gasteiger partial charge in [0.2, 0.25) is 0 Å². The lowest BCUT2D eigenvalue weighted by molar-refractivity contribution is 0.608. The monoisotopic (exact) mass is 334 g/mol. The third-order valence-electron chi connectivity index (χ3n) is 3.88. The summed E-state index contributed by atoms with van der Waals surface area (Å²) in [5.74, 6) is -0.455. The average molecular weight is 334 g/mol. The Balaban J connectivity index is 1.93. The highest BCUT2D eigenvalue weighted by atomic mass is 19.1. The van der Waals surface area contributed by atoms with Crippen molar-refractivity contribution in [3.05, 3.63) is 84.4 Å². The SMILES string of the molecule is Fc1ccccc1-c1ccccc1-c1nnnn1-c1ccccc1F. The minimum absolute atomic E-state index is 0.228. The molecule has 0 radical (unpaired) electrons. The van der Waals surface area contributed by atoms with Crippen LogP contribution < -0.4 is 0 Å². The molecule has 4 nitrogen and oxygen atoms in total. The van der Waals surface area contributed by atoms with Gasteiger partial charge >= 0.3 is 0 Å². The molecule has 25 heavy (non-hydrogen) atoms. The van der Waals surface area contributed by atoms with Crippen molar-refractivity contribution in [1.82, 2.24) is 20.2 Å². The minimum atomic E-state index is -0.445. The second-order valence-corrected chi connectivity index (χ2v) is 5.39. The molecule has 0 unspecified atom stereocenters. The van der Waals surface area contributed by atoms with Crippen molar-refractivity contribution < 1.29 is 8.78 Å². The molecule has 1 aromatic heterocycles. The Hall–Kier alpha value is -3.41. The fourth-order valence-electron chi connectivity index (χ4n) is 2.73. The van der Waals surface area contributed by atoms with Crippen molar-refractivity contribution in [3.8, 4) is 28.2 Å². The van der Waals surface area contributed by atoms with Gasteiger partial charge in [0.25, 0.3) is 0 Å². The van der Waals surface area contributed by atoms with E-state index < -0.39 is 5.82 Å². The number of hydrogen-bond acceptors (Lipinski definition) is 3. The number of aromatic nitrogens is 4. The highest BCUT2D eigenvalue weighted by Crippen LogP contribution is 2.33. The quantitative estimate of drug-likeness (QED) is 0.562. The van der Waals surface area contributed by atoms with Crippen molar-refractivity contribution >= 4 is 0 Å². The smallest absolute Gasteiger partial charge is 0.187 e. The van der Waals surface area contributed by atoms with Crippen molar-refractivity contribution in [3.63, 3.8) is 0 Å². The summed E-state index contributed by atoms with van der Waals surface area (Å²) in [7, 11) is 0. The maximum absolute atomic E-state index is 14.3. The summed E-state index contributed by atoms with van der Waals surface area (Å²) in [6.07, 6.45) is 0. The Labute approximate surface area is 142 Å². The van der Waals surface area contributed by atoms with E-state index in [1.165, 1.54) is 16.8 Å². The summed E-state index contributed by atoms with van der Waals surface area (Å²) in [6, 6.07) is 19.9. The Morgan fingerprint density at radius 3 is 1.96 bits per heavy atom. The van der Waals surface area contributed by atoms with Crippen LogP contribution in [0.2, 0.25) is 0 Å². The summed E-state index contributed by atoms with van der Waals surface area (Å²) in [6.45, 7) is 0. The first kappa shape index (κ1) is 15.1. The van der Waals surface area contributed by atoms with Crippen LogP contribution in [0.3, 0.4) is 0 Å². The zero-order chi connectivity index (χ0) is 17.2. The van der Waals surface area contributed by atoms with Crippen LogP contribution in [0, 0.1) is 11.6 Å². The number of para-hydroxylation sites is 1. The molecule has 0 saturated heterocycles. The lowest BCUT2D eigenvalue weighted by atomic mass is 9.98. The number of benzene rings is 3. The molecule has 0 spiro atoms. The third kappa shape index (κ3) is 2.67. The molecule has 4 rings (SSSR count). The summed E-state index contributed by atoms with van der Waals surface area (Å²) in [5, 5.41) is 11.6. The Kier molecular flexibility index (Phi) is 3.78. The molecule has 0 atom stereocenters. The molecule has 122 valence electrons. The Morgan fingerprint density at radius 1 is 0.640 bits per heavy atom. The first-order valence-electron chi connectivity index (χ1n) is 7.63. The first-order chi connectivity index (χ1) is 12.3.